The third kappa shape index (κ3) is 5.34. The van der Waals surface area contributed by atoms with E-state index < -0.39 is 0 Å². The van der Waals surface area contributed by atoms with E-state index in [-0.39, 0.29) is 12.2 Å². The molecule has 21 heavy (non-hydrogen) atoms. The van der Waals surface area contributed by atoms with Crippen LogP contribution in [0.5, 0.6) is 0 Å². The molecule has 0 N–H and O–H groups in total. The molecule has 1 rings (SSSR count). The minimum atomic E-state index is -0.163. The molecule has 0 aromatic carbocycles. The fraction of sp³-hybridized carbons (Fsp3) is 0.824. The Kier molecular flexibility index (Phi) is 8.43. The highest BCUT2D eigenvalue weighted by molar-refractivity contribution is 5.89. The average Bonchev–Trinajstić information content (AvgIpc) is 2.46. The zero-order valence-electron chi connectivity index (χ0n) is 14.1. The van der Waals surface area contributed by atoms with Crippen LogP contribution in [0.1, 0.15) is 66.2 Å². The fourth-order valence-corrected chi connectivity index (χ4v) is 2.85. The summed E-state index contributed by atoms with van der Waals surface area (Å²) in [6.45, 7) is 10.2. The van der Waals surface area contributed by atoms with Gasteiger partial charge in [0.15, 0.2) is 0 Å². The van der Waals surface area contributed by atoms with Gasteiger partial charge in [-0.3, -0.25) is 0 Å². The summed E-state index contributed by atoms with van der Waals surface area (Å²) in [5.41, 5.74) is 1.86. The SMILES string of the molecule is CCCCCCN1C(C)=C(C(=O)OCC)CCC1OCC. The fourth-order valence-electron chi connectivity index (χ4n) is 2.85. The monoisotopic (exact) mass is 297 g/mol. The lowest BCUT2D eigenvalue weighted by molar-refractivity contribution is -0.139. The third-order valence-corrected chi connectivity index (χ3v) is 3.99. The van der Waals surface area contributed by atoms with Crippen molar-refractivity contribution in [1.82, 2.24) is 4.90 Å². The van der Waals surface area contributed by atoms with Gasteiger partial charge in [-0.1, -0.05) is 26.2 Å². The molecule has 122 valence electrons. The number of ether oxygens (including phenoxy) is 2. The van der Waals surface area contributed by atoms with Gasteiger partial charge in [0.25, 0.3) is 0 Å². The van der Waals surface area contributed by atoms with E-state index in [0.29, 0.717) is 13.2 Å². The third-order valence-electron chi connectivity index (χ3n) is 3.99. The molecule has 0 aromatic rings. The van der Waals surface area contributed by atoms with Crippen LogP contribution in [0.3, 0.4) is 0 Å². The molecular weight excluding hydrogens is 266 g/mol. The van der Waals surface area contributed by atoms with Crippen molar-refractivity contribution >= 4 is 5.97 Å². The summed E-state index contributed by atoms with van der Waals surface area (Å²) in [6, 6.07) is 0. The van der Waals surface area contributed by atoms with E-state index in [1.807, 2.05) is 20.8 Å². The van der Waals surface area contributed by atoms with Gasteiger partial charge in [-0.15, -0.1) is 0 Å². The summed E-state index contributed by atoms with van der Waals surface area (Å²) in [7, 11) is 0. The Hall–Kier alpha value is -1.03. The lowest BCUT2D eigenvalue weighted by Gasteiger charge is -2.38. The van der Waals surface area contributed by atoms with Gasteiger partial charge >= 0.3 is 5.97 Å². The number of carbonyl (C=O) groups excluding carboxylic acids is 1. The number of carbonyl (C=O) groups is 1. The topological polar surface area (TPSA) is 38.8 Å². The van der Waals surface area contributed by atoms with Crippen molar-refractivity contribution in [1.29, 1.82) is 0 Å². The van der Waals surface area contributed by atoms with Crippen molar-refractivity contribution < 1.29 is 14.3 Å². The predicted molar refractivity (Wildman–Crippen MR) is 84.8 cm³/mol. The van der Waals surface area contributed by atoms with E-state index >= 15 is 0 Å². The average molecular weight is 297 g/mol. The van der Waals surface area contributed by atoms with Gasteiger partial charge in [-0.2, -0.15) is 0 Å². The maximum Gasteiger partial charge on any atom is 0.335 e. The van der Waals surface area contributed by atoms with Gasteiger partial charge in [0.2, 0.25) is 0 Å². The van der Waals surface area contributed by atoms with Crippen molar-refractivity contribution in [2.45, 2.75) is 72.4 Å². The first-order chi connectivity index (χ1) is 10.2. The molecular formula is C17H31NO3. The lowest BCUT2D eigenvalue weighted by atomic mass is 10.0. The smallest absolute Gasteiger partial charge is 0.335 e. The summed E-state index contributed by atoms with van der Waals surface area (Å²) in [5.74, 6) is -0.163. The molecule has 0 saturated heterocycles. The predicted octanol–water partition coefficient (Wildman–Crippen LogP) is 3.86. The highest BCUT2D eigenvalue weighted by atomic mass is 16.5. The molecule has 4 nitrogen and oxygen atoms in total. The summed E-state index contributed by atoms with van der Waals surface area (Å²) in [6.07, 6.45) is 6.60. The Morgan fingerprint density at radius 2 is 1.95 bits per heavy atom. The van der Waals surface area contributed by atoms with E-state index in [1.165, 1.54) is 19.3 Å². The molecule has 0 aromatic heterocycles. The Morgan fingerprint density at radius 3 is 2.57 bits per heavy atom. The molecule has 1 aliphatic heterocycles. The summed E-state index contributed by atoms with van der Waals surface area (Å²) < 4.78 is 11.0. The zero-order chi connectivity index (χ0) is 15.7. The maximum atomic E-state index is 12.0. The minimum absolute atomic E-state index is 0.106. The molecule has 4 heteroatoms. The van der Waals surface area contributed by atoms with Crippen molar-refractivity contribution in [2.24, 2.45) is 0 Å². The summed E-state index contributed by atoms with van der Waals surface area (Å²) in [4.78, 5) is 14.3. The first-order valence-corrected chi connectivity index (χ1v) is 8.40. The number of hydrogen-bond acceptors (Lipinski definition) is 4. The second-order valence-corrected chi connectivity index (χ2v) is 5.49. The van der Waals surface area contributed by atoms with Crippen molar-refractivity contribution in [2.75, 3.05) is 19.8 Å². The molecule has 0 bridgehead atoms. The summed E-state index contributed by atoms with van der Waals surface area (Å²) >= 11 is 0. The van der Waals surface area contributed by atoms with E-state index in [1.54, 1.807) is 0 Å². The molecule has 0 radical (unpaired) electrons. The van der Waals surface area contributed by atoms with Crippen LogP contribution >= 0.6 is 0 Å². The van der Waals surface area contributed by atoms with E-state index in [0.717, 1.165) is 37.1 Å². The van der Waals surface area contributed by atoms with Crippen molar-refractivity contribution in [3.63, 3.8) is 0 Å². The molecule has 0 spiro atoms. The molecule has 0 saturated carbocycles. The normalized spacial score (nSPS) is 19.0. The Balaban J connectivity index is 2.76. The standard InChI is InChI=1S/C17H31NO3/c1-5-8-9-10-13-18-14(4)15(17(19)21-7-3)11-12-16(18)20-6-2/h16H,5-13H2,1-4H3. The number of esters is 1. The van der Waals surface area contributed by atoms with Crippen LogP contribution in [-0.4, -0.2) is 36.9 Å². The number of nitrogens with zero attached hydrogens (tertiary/aromatic N) is 1. The first kappa shape index (κ1) is 18.0. The second kappa shape index (κ2) is 9.82. The van der Waals surface area contributed by atoms with E-state index in [2.05, 4.69) is 11.8 Å². The highest BCUT2D eigenvalue weighted by Crippen LogP contribution is 2.29. The van der Waals surface area contributed by atoms with Gasteiger partial charge in [0, 0.05) is 18.8 Å². The number of allylic oxidation sites excluding steroid dienone is 1. The Morgan fingerprint density at radius 1 is 1.19 bits per heavy atom. The largest absolute Gasteiger partial charge is 0.463 e. The number of unbranched alkanes of at least 4 members (excludes halogenated alkanes) is 3. The van der Waals surface area contributed by atoms with E-state index in [9.17, 15) is 4.79 Å². The zero-order valence-corrected chi connectivity index (χ0v) is 14.1. The summed E-state index contributed by atoms with van der Waals surface area (Å²) in [5, 5.41) is 0. The van der Waals surface area contributed by atoms with Crippen LogP contribution in [0.2, 0.25) is 0 Å². The molecule has 0 aliphatic carbocycles. The second-order valence-electron chi connectivity index (χ2n) is 5.49. The van der Waals surface area contributed by atoms with Crippen LogP contribution in [0.4, 0.5) is 0 Å². The molecule has 0 amide bonds. The maximum absolute atomic E-state index is 12.0. The van der Waals surface area contributed by atoms with Crippen LogP contribution in [0.15, 0.2) is 11.3 Å². The van der Waals surface area contributed by atoms with Crippen molar-refractivity contribution in [3.05, 3.63) is 11.3 Å². The van der Waals surface area contributed by atoms with Gasteiger partial charge < -0.3 is 14.4 Å². The number of rotatable bonds is 9. The molecule has 1 aliphatic rings. The first-order valence-electron chi connectivity index (χ1n) is 8.40. The molecule has 1 atom stereocenters. The van der Waals surface area contributed by atoms with E-state index in [4.69, 9.17) is 9.47 Å². The molecule has 1 heterocycles. The van der Waals surface area contributed by atoms with Gasteiger partial charge in [-0.25, -0.2) is 4.79 Å². The van der Waals surface area contributed by atoms with Gasteiger partial charge in [0.1, 0.15) is 6.23 Å². The molecule has 1 unspecified atom stereocenters. The Bertz CT molecular complexity index is 352. The van der Waals surface area contributed by atoms with Gasteiger partial charge in [-0.05, 0) is 40.0 Å². The van der Waals surface area contributed by atoms with Crippen LogP contribution in [0.25, 0.3) is 0 Å². The Labute approximate surface area is 129 Å². The van der Waals surface area contributed by atoms with Crippen LogP contribution in [0, 0.1) is 0 Å². The highest BCUT2D eigenvalue weighted by Gasteiger charge is 2.29. The van der Waals surface area contributed by atoms with Gasteiger partial charge in [0.05, 0.1) is 12.2 Å². The quantitative estimate of drug-likeness (QED) is 0.478. The minimum Gasteiger partial charge on any atom is -0.463 e. The molecule has 0 fully saturated rings. The number of hydrogen-bond donors (Lipinski definition) is 0. The van der Waals surface area contributed by atoms with Crippen LogP contribution in [-0.2, 0) is 14.3 Å². The van der Waals surface area contributed by atoms with Crippen LogP contribution < -0.4 is 0 Å². The lowest BCUT2D eigenvalue weighted by Crippen LogP contribution is -2.41. The van der Waals surface area contributed by atoms with Crippen molar-refractivity contribution in [3.8, 4) is 0 Å².